The van der Waals surface area contributed by atoms with Gasteiger partial charge in [-0.1, -0.05) is 0 Å². The number of aryl methyl sites for hydroxylation is 1. The van der Waals surface area contributed by atoms with E-state index in [4.69, 9.17) is 15.5 Å². The quantitative estimate of drug-likeness (QED) is 0.359. The first-order chi connectivity index (χ1) is 10.4. The summed E-state index contributed by atoms with van der Waals surface area (Å²) >= 11 is 0. The van der Waals surface area contributed by atoms with E-state index in [-0.39, 0.29) is 11.0 Å². The van der Waals surface area contributed by atoms with Gasteiger partial charge in [-0.05, 0) is 12.1 Å². The lowest BCUT2D eigenvalue weighted by molar-refractivity contribution is -0.136. The zero-order chi connectivity index (χ0) is 17.6. The van der Waals surface area contributed by atoms with Crippen LogP contribution < -0.4 is 16.9 Å². The van der Waals surface area contributed by atoms with Gasteiger partial charge in [-0.15, -0.1) is 0 Å². The van der Waals surface area contributed by atoms with E-state index in [0.717, 1.165) is 6.07 Å². The molecule has 2 aromatic rings. The highest BCUT2D eigenvalue weighted by Gasteiger charge is 2.33. The Kier molecular flexibility index (Phi) is 4.14. The fraction of sp³-hybridized carbons (Fsp3) is 0.273. The van der Waals surface area contributed by atoms with Gasteiger partial charge in [0.2, 0.25) is 0 Å². The first-order valence-electron chi connectivity index (χ1n) is 6.08. The summed E-state index contributed by atoms with van der Waals surface area (Å²) in [5.74, 6) is 0. The molecular formula is C11H11F3N3O5P. The number of anilines is 1. The van der Waals surface area contributed by atoms with E-state index >= 15 is 0 Å². The first kappa shape index (κ1) is 17.3. The zero-order valence-corrected chi connectivity index (χ0v) is 12.2. The molecule has 0 aliphatic carbocycles. The van der Waals surface area contributed by atoms with Crippen LogP contribution in [0.25, 0.3) is 11.0 Å². The molecule has 1 aromatic heterocycles. The molecule has 0 saturated carbocycles. The molecule has 0 bridgehead atoms. The molecule has 1 aromatic carbocycles. The fourth-order valence-electron chi connectivity index (χ4n) is 2.03. The summed E-state index contributed by atoms with van der Waals surface area (Å²) in [6.45, 7) is -0.547. The Morgan fingerprint density at radius 1 is 1.26 bits per heavy atom. The second kappa shape index (κ2) is 5.52. The summed E-state index contributed by atoms with van der Waals surface area (Å²) in [4.78, 5) is 43.0. The predicted molar refractivity (Wildman–Crippen MR) is 75.2 cm³/mol. The lowest BCUT2D eigenvalue weighted by atomic mass is 10.1. The van der Waals surface area contributed by atoms with Crippen LogP contribution >= 0.6 is 7.60 Å². The minimum Gasteiger partial charge on any atom is -0.398 e. The van der Waals surface area contributed by atoms with Gasteiger partial charge in [0, 0.05) is 12.2 Å². The van der Waals surface area contributed by atoms with Gasteiger partial charge in [-0.2, -0.15) is 13.2 Å². The third-order valence-electron chi connectivity index (χ3n) is 3.07. The highest BCUT2D eigenvalue weighted by Crippen LogP contribution is 2.36. The molecule has 0 unspecified atom stereocenters. The molecule has 1 heterocycles. The van der Waals surface area contributed by atoms with E-state index < -0.39 is 48.8 Å². The number of fused-ring (bicyclic) bond motifs is 1. The lowest BCUT2D eigenvalue weighted by Crippen LogP contribution is -2.37. The van der Waals surface area contributed by atoms with Crippen molar-refractivity contribution in [1.29, 1.82) is 0 Å². The minimum absolute atomic E-state index is 0.159. The number of nitrogens with two attached hydrogens (primary N) is 1. The number of rotatable bonds is 3. The molecule has 2 rings (SSSR count). The SMILES string of the molecule is Nc1cc2c(cc1C(F)(F)F)[nH]c(=O)c(=O)n2CCP(=O)(O)O. The molecule has 23 heavy (non-hydrogen) atoms. The highest BCUT2D eigenvalue weighted by molar-refractivity contribution is 7.51. The average Bonchev–Trinajstić information content (AvgIpc) is 2.37. The van der Waals surface area contributed by atoms with E-state index in [0.29, 0.717) is 10.6 Å². The fourth-order valence-corrected chi connectivity index (χ4v) is 2.49. The Bertz CT molecular complexity index is 927. The van der Waals surface area contributed by atoms with Crippen molar-refractivity contribution in [2.24, 2.45) is 0 Å². The number of hydrogen-bond acceptors (Lipinski definition) is 4. The number of benzene rings is 1. The molecule has 5 N–H and O–H groups in total. The van der Waals surface area contributed by atoms with Crippen molar-refractivity contribution in [2.45, 2.75) is 12.7 Å². The van der Waals surface area contributed by atoms with E-state index in [1.165, 1.54) is 0 Å². The number of aromatic amines is 1. The summed E-state index contributed by atoms with van der Waals surface area (Å²) in [5.41, 5.74) is 0.626. The maximum absolute atomic E-state index is 12.8. The van der Waals surface area contributed by atoms with Crippen LogP contribution in [-0.4, -0.2) is 25.5 Å². The second-order valence-corrected chi connectivity index (χ2v) is 6.53. The van der Waals surface area contributed by atoms with Gasteiger partial charge < -0.3 is 25.1 Å². The third-order valence-corrected chi connectivity index (χ3v) is 3.85. The maximum Gasteiger partial charge on any atom is 0.418 e. The number of nitrogens with one attached hydrogen (secondary N) is 1. The van der Waals surface area contributed by atoms with Gasteiger partial charge in [-0.3, -0.25) is 14.2 Å². The molecule has 0 fully saturated rings. The lowest BCUT2D eigenvalue weighted by Gasteiger charge is -2.14. The van der Waals surface area contributed by atoms with Crippen LogP contribution in [0.3, 0.4) is 0 Å². The van der Waals surface area contributed by atoms with Gasteiger partial charge in [0.15, 0.2) is 0 Å². The van der Waals surface area contributed by atoms with Gasteiger partial charge in [0.1, 0.15) is 0 Å². The molecular weight excluding hydrogens is 342 g/mol. The van der Waals surface area contributed by atoms with Crippen molar-refractivity contribution in [2.75, 3.05) is 11.9 Å². The predicted octanol–water partition coefficient (Wildman–Crippen LogP) is 0.468. The molecule has 0 aliphatic heterocycles. The van der Waals surface area contributed by atoms with Crippen molar-refractivity contribution in [3.63, 3.8) is 0 Å². The largest absolute Gasteiger partial charge is 0.418 e. The van der Waals surface area contributed by atoms with Crippen LogP contribution in [-0.2, 0) is 17.3 Å². The van der Waals surface area contributed by atoms with Crippen LogP contribution in [0.4, 0.5) is 18.9 Å². The van der Waals surface area contributed by atoms with E-state index in [9.17, 15) is 27.3 Å². The summed E-state index contributed by atoms with van der Waals surface area (Å²) in [6.07, 6.45) is -5.52. The van der Waals surface area contributed by atoms with E-state index in [1.54, 1.807) is 0 Å². The van der Waals surface area contributed by atoms with Gasteiger partial charge in [0.25, 0.3) is 0 Å². The van der Waals surface area contributed by atoms with Crippen LogP contribution in [0, 0.1) is 0 Å². The summed E-state index contributed by atoms with van der Waals surface area (Å²) in [6, 6.07) is 1.40. The van der Waals surface area contributed by atoms with Crippen molar-refractivity contribution in [1.82, 2.24) is 9.55 Å². The monoisotopic (exact) mass is 353 g/mol. The Hall–Kier alpha value is -2.10. The Balaban J connectivity index is 2.74. The summed E-state index contributed by atoms with van der Waals surface area (Å²) in [7, 11) is -4.48. The molecule has 126 valence electrons. The number of alkyl halides is 3. The Morgan fingerprint density at radius 3 is 2.39 bits per heavy atom. The molecule has 8 nitrogen and oxygen atoms in total. The highest BCUT2D eigenvalue weighted by atomic mass is 31.2. The number of aromatic nitrogens is 2. The number of nitrogen functional groups attached to an aromatic ring is 1. The Morgan fingerprint density at radius 2 is 1.87 bits per heavy atom. The number of nitrogens with zero attached hydrogens (tertiary/aromatic N) is 1. The Labute approximate surface area is 125 Å². The molecule has 0 atom stereocenters. The van der Waals surface area contributed by atoms with E-state index in [1.807, 2.05) is 4.98 Å². The van der Waals surface area contributed by atoms with Crippen LogP contribution in [0.1, 0.15) is 5.56 Å². The maximum atomic E-state index is 12.8. The number of halogens is 3. The molecule has 0 radical (unpaired) electrons. The van der Waals surface area contributed by atoms with Gasteiger partial charge in [-0.25, -0.2) is 0 Å². The molecule has 0 aliphatic rings. The number of H-pyrrole nitrogens is 1. The average molecular weight is 353 g/mol. The first-order valence-corrected chi connectivity index (χ1v) is 7.88. The summed E-state index contributed by atoms with van der Waals surface area (Å²) < 4.78 is 50.0. The van der Waals surface area contributed by atoms with Gasteiger partial charge in [0.05, 0.1) is 22.8 Å². The smallest absolute Gasteiger partial charge is 0.398 e. The molecule has 0 amide bonds. The van der Waals surface area contributed by atoms with Crippen molar-refractivity contribution in [3.05, 3.63) is 38.4 Å². The third kappa shape index (κ3) is 3.63. The number of hydrogen-bond donors (Lipinski definition) is 4. The van der Waals surface area contributed by atoms with Crippen molar-refractivity contribution in [3.8, 4) is 0 Å². The standard InChI is InChI=1S/C11H11F3N3O5P/c12-11(13,14)5-3-7-8(4-6(5)15)17(1-2-23(20,21)22)10(19)9(18)16-7/h3-4H,1-2,15H2,(H,16,18)(H2,20,21,22). The molecule has 12 heteroatoms. The zero-order valence-electron chi connectivity index (χ0n) is 11.3. The van der Waals surface area contributed by atoms with Crippen molar-refractivity contribution < 1.29 is 27.5 Å². The summed E-state index contributed by atoms with van der Waals surface area (Å²) in [5, 5.41) is 0. The molecule has 0 saturated heterocycles. The van der Waals surface area contributed by atoms with E-state index in [2.05, 4.69) is 0 Å². The van der Waals surface area contributed by atoms with Crippen LogP contribution in [0.15, 0.2) is 21.7 Å². The van der Waals surface area contributed by atoms with Crippen molar-refractivity contribution >= 4 is 24.3 Å². The molecule has 0 spiro atoms. The van der Waals surface area contributed by atoms with Crippen LogP contribution in [0.2, 0.25) is 0 Å². The topological polar surface area (TPSA) is 138 Å². The van der Waals surface area contributed by atoms with Crippen LogP contribution in [0.5, 0.6) is 0 Å². The minimum atomic E-state index is -4.76. The normalized spacial score (nSPS) is 12.7. The van der Waals surface area contributed by atoms with Gasteiger partial charge >= 0.3 is 24.9 Å². The second-order valence-electron chi connectivity index (χ2n) is 4.75.